The maximum atomic E-state index is 10.5. The smallest absolute Gasteiger partial charge is 0.324 e. The van der Waals surface area contributed by atoms with E-state index in [-0.39, 0.29) is 5.88 Å². The van der Waals surface area contributed by atoms with Gasteiger partial charge in [0.15, 0.2) is 0 Å². The Kier molecular flexibility index (Phi) is 3.75. The van der Waals surface area contributed by atoms with Crippen molar-refractivity contribution >= 4 is 23.5 Å². The summed E-state index contributed by atoms with van der Waals surface area (Å²) in [5.74, 6) is 2.87. The Labute approximate surface area is 62.3 Å². The van der Waals surface area contributed by atoms with E-state index >= 15 is 0 Å². The lowest BCUT2D eigenvalue weighted by Crippen LogP contribution is -2.41. The summed E-state index contributed by atoms with van der Waals surface area (Å²) in [4.78, 5) is 20.4. The molecule has 0 aliphatic heterocycles. The first kappa shape index (κ1) is 9.19. The van der Waals surface area contributed by atoms with Crippen LogP contribution in [0.15, 0.2) is 0 Å². The molecule has 0 heterocycles. The molecule has 10 heavy (non-hydrogen) atoms. The third-order valence-electron chi connectivity index (χ3n) is 0.740. The summed E-state index contributed by atoms with van der Waals surface area (Å²) in [6, 6.07) is 0. The number of amides is 1. The maximum Gasteiger partial charge on any atom is 0.324 e. The van der Waals surface area contributed by atoms with Gasteiger partial charge in [-0.05, 0) is 0 Å². The van der Waals surface area contributed by atoms with Crippen LogP contribution in [-0.2, 0) is 9.59 Å². The largest absolute Gasteiger partial charge is 0.480 e. The van der Waals surface area contributed by atoms with Crippen LogP contribution in [0.5, 0.6) is 0 Å². The molecule has 0 atom stereocenters. The molecule has 0 radical (unpaired) electrons. The van der Waals surface area contributed by atoms with Gasteiger partial charge in [-0.15, -0.1) is 11.6 Å². The third kappa shape index (κ3) is 3.26. The van der Waals surface area contributed by atoms with Gasteiger partial charge in [0.2, 0.25) is 0 Å². The normalized spacial score (nSPS) is 9.00. The predicted molar refractivity (Wildman–Crippen MR) is 34.3 cm³/mol. The number of carbonyl (C=O) groups is 2. The molecule has 0 aromatic carbocycles. The summed E-state index contributed by atoms with van der Waals surface area (Å²) >= 11 is 5.07. The Hall–Kier alpha value is -0.810. The molecule has 0 saturated heterocycles. The fourth-order valence-corrected chi connectivity index (χ4v) is 0.464. The second-order valence-corrected chi connectivity index (χ2v) is 1.82. The van der Waals surface area contributed by atoms with Crippen LogP contribution in [0.1, 0.15) is 0 Å². The molecule has 0 aromatic rings. The summed E-state index contributed by atoms with van der Waals surface area (Å²) in [6.45, 7) is -0.522. The number of carboxylic acid groups (broad SMARTS) is 1. The summed E-state index contributed by atoms with van der Waals surface area (Å²) in [5.41, 5.74) is 0. The lowest BCUT2D eigenvalue weighted by molar-refractivity contribution is -0.143. The molecule has 6 heteroatoms. The van der Waals surface area contributed by atoms with Gasteiger partial charge in [0.1, 0.15) is 12.4 Å². The number of hydrogen-bond donors (Lipinski definition) is 2. The fourth-order valence-electron chi connectivity index (χ4n) is 0.311. The van der Waals surface area contributed by atoms with Crippen LogP contribution in [0.2, 0.25) is 0 Å². The van der Waals surface area contributed by atoms with Crippen molar-refractivity contribution in [3.05, 3.63) is 0 Å². The number of hydrogen-bond acceptors (Lipinski definition) is 3. The molecule has 0 saturated carbocycles. The molecule has 1 amide bonds. The Morgan fingerprint density at radius 3 is 2.40 bits per heavy atom. The van der Waals surface area contributed by atoms with Crippen LogP contribution < -0.4 is 5.84 Å². The number of carbonyl (C=O) groups excluding carboxylic acids is 1. The maximum absolute atomic E-state index is 10.5. The van der Waals surface area contributed by atoms with E-state index in [1.165, 1.54) is 0 Å². The molecule has 3 N–H and O–H groups in total. The van der Waals surface area contributed by atoms with Crippen molar-refractivity contribution in [3.8, 4) is 0 Å². The highest BCUT2D eigenvalue weighted by Crippen LogP contribution is 1.83. The van der Waals surface area contributed by atoms with Crippen LogP contribution in [0.25, 0.3) is 0 Å². The SMILES string of the molecule is NN(CC(=O)O)C(=O)CCl. The minimum absolute atomic E-state index is 0.302. The Bertz CT molecular complexity index is 149. The van der Waals surface area contributed by atoms with Gasteiger partial charge < -0.3 is 5.11 Å². The first-order valence-electron chi connectivity index (χ1n) is 2.40. The van der Waals surface area contributed by atoms with Crippen molar-refractivity contribution < 1.29 is 14.7 Å². The fraction of sp³-hybridized carbons (Fsp3) is 0.500. The average molecular weight is 167 g/mol. The summed E-state index contributed by atoms with van der Waals surface area (Å²) in [5, 5.41) is 8.66. The van der Waals surface area contributed by atoms with Crippen molar-refractivity contribution in [3.63, 3.8) is 0 Å². The van der Waals surface area contributed by atoms with Crippen LogP contribution in [-0.4, -0.2) is 34.4 Å². The molecule has 58 valence electrons. The standard InChI is InChI=1S/C4H7ClN2O3/c5-1-3(8)7(6)2-4(9)10/h1-2,6H2,(H,9,10). The molecule has 0 aliphatic rings. The molecule has 0 aliphatic carbocycles. The van der Waals surface area contributed by atoms with Crippen molar-refractivity contribution in [1.29, 1.82) is 0 Å². The van der Waals surface area contributed by atoms with Gasteiger partial charge in [0.05, 0.1) is 0 Å². The third-order valence-corrected chi connectivity index (χ3v) is 0.969. The lowest BCUT2D eigenvalue weighted by Gasteiger charge is -2.10. The predicted octanol–water partition coefficient (Wildman–Crippen LogP) is -0.988. The van der Waals surface area contributed by atoms with Crippen molar-refractivity contribution in [2.45, 2.75) is 0 Å². The van der Waals surface area contributed by atoms with Gasteiger partial charge in [0.25, 0.3) is 5.91 Å². The highest BCUT2D eigenvalue weighted by atomic mass is 35.5. The zero-order valence-electron chi connectivity index (χ0n) is 5.08. The molecule has 0 spiro atoms. The molecule has 0 fully saturated rings. The summed E-state index contributed by atoms with van der Waals surface area (Å²) in [7, 11) is 0. The minimum atomic E-state index is -1.17. The average Bonchev–Trinajstić information content (AvgIpc) is 1.85. The van der Waals surface area contributed by atoms with Gasteiger partial charge in [-0.25, -0.2) is 5.84 Å². The minimum Gasteiger partial charge on any atom is -0.480 e. The van der Waals surface area contributed by atoms with Gasteiger partial charge in [-0.1, -0.05) is 0 Å². The second-order valence-electron chi connectivity index (χ2n) is 1.55. The number of halogens is 1. The number of carboxylic acids is 1. The second kappa shape index (κ2) is 4.08. The van der Waals surface area contributed by atoms with E-state index in [2.05, 4.69) is 0 Å². The number of rotatable bonds is 3. The van der Waals surface area contributed by atoms with E-state index in [9.17, 15) is 9.59 Å². The van der Waals surface area contributed by atoms with Gasteiger partial charge in [0, 0.05) is 0 Å². The summed E-state index contributed by atoms with van der Waals surface area (Å²) in [6.07, 6.45) is 0. The van der Waals surface area contributed by atoms with E-state index in [1.54, 1.807) is 0 Å². The molecular formula is C4H7ClN2O3. The topological polar surface area (TPSA) is 83.6 Å². The zero-order chi connectivity index (χ0) is 8.15. The Morgan fingerprint density at radius 1 is 1.60 bits per heavy atom. The molecule has 0 bridgehead atoms. The first-order chi connectivity index (χ1) is 4.57. The zero-order valence-corrected chi connectivity index (χ0v) is 5.84. The van der Waals surface area contributed by atoms with E-state index in [4.69, 9.17) is 22.6 Å². The van der Waals surface area contributed by atoms with Gasteiger partial charge in [-0.2, -0.15) is 0 Å². The molecule has 0 rings (SSSR count). The highest BCUT2D eigenvalue weighted by molar-refractivity contribution is 6.27. The number of nitrogens with two attached hydrogens (primary N) is 1. The number of alkyl halides is 1. The lowest BCUT2D eigenvalue weighted by atomic mass is 10.6. The van der Waals surface area contributed by atoms with Crippen molar-refractivity contribution in [2.24, 2.45) is 5.84 Å². The number of nitrogens with zero attached hydrogens (tertiary/aromatic N) is 1. The van der Waals surface area contributed by atoms with Crippen LogP contribution in [0.4, 0.5) is 0 Å². The quantitative estimate of drug-likeness (QED) is 0.244. The molecule has 0 unspecified atom stereocenters. The Balaban J connectivity index is 3.72. The van der Waals surface area contributed by atoms with Crippen molar-refractivity contribution in [2.75, 3.05) is 12.4 Å². The van der Waals surface area contributed by atoms with Crippen LogP contribution in [0, 0.1) is 0 Å². The number of hydrazine groups is 1. The summed E-state index contributed by atoms with van der Waals surface area (Å²) < 4.78 is 0. The number of aliphatic carboxylic acids is 1. The van der Waals surface area contributed by atoms with Crippen LogP contribution in [0.3, 0.4) is 0 Å². The molecule has 0 aromatic heterocycles. The Morgan fingerprint density at radius 2 is 2.10 bits per heavy atom. The monoisotopic (exact) mass is 166 g/mol. The van der Waals surface area contributed by atoms with E-state index in [0.29, 0.717) is 5.01 Å². The molecular weight excluding hydrogens is 160 g/mol. The van der Waals surface area contributed by atoms with Gasteiger partial charge in [-0.3, -0.25) is 14.6 Å². The first-order valence-corrected chi connectivity index (χ1v) is 2.94. The van der Waals surface area contributed by atoms with E-state index < -0.39 is 18.4 Å². The van der Waals surface area contributed by atoms with Crippen molar-refractivity contribution in [1.82, 2.24) is 5.01 Å². The van der Waals surface area contributed by atoms with Crippen LogP contribution >= 0.6 is 11.6 Å². The highest BCUT2D eigenvalue weighted by Gasteiger charge is 2.10. The van der Waals surface area contributed by atoms with Gasteiger partial charge >= 0.3 is 5.97 Å². The van der Waals surface area contributed by atoms with E-state index in [0.717, 1.165) is 0 Å². The molecule has 5 nitrogen and oxygen atoms in total. The van der Waals surface area contributed by atoms with E-state index in [1.807, 2.05) is 0 Å².